The van der Waals surface area contributed by atoms with Crippen LogP contribution in [-0.4, -0.2) is 49.6 Å². The first-order valence-electron chi connectivity index (χ1n) is 8.20. The van der Waals surface area contributed by atoms with Crippen LogP contribution in [-0.2, 0) is 14.6 Å². The number of hydrogen-bond acceptors (Lipinski definition) is 6. The van der Waals surface area contributed by atoms with Gasteiger partial charge in [0.05, 0.1) is 30.2 Å². The van der Waals surface area contributed by atoms with E-state index < -0.39 is 22.0 Å². The molecule has 2 aromatic carbocycles. The molecule has 0 aliphatic carbocycles. The Morgan fingerprint density at radius 3 is 2.35 bits per heavy atom. The molecule has 0 spiro atoms. The highest BCUT2D eigenvalue weighted by atomic mass is 32.2. The number of nitrogens with zero attached hydrogens (tertiary/aromatic N) is 1. The van der Waals surface area contributed by atoms with Crippen LogP contribution in [0, 0.1) is 0 Å². The van der Waals surface area contributed by atoms with E-state index in [1.165, 1.54) is 0 Å². The number of sulfone groups is 1. The molecule has 2 aromatic rings. The summed E-state index contributed by atoms with van der Waals surface area (Å²) in [6.45, 7) is -0.0872. The van der Waals surface area contributed by atoms with Crippen molar-refractivity contribution in [3.05, 3.63) is 54.6 Å². The molecule has 1 fully saturated rings. The molecule has 0 radical (unpaired) electrons. The lowest BCUT2D eigenvalue weighted by atomic mass is 10.1. The minimum absolute atomic E-state index is 0.0872. The maximum atomic E-state index is 12.5. The van der Waals surface area contributed by atoms with Crippen LogP contribution in [0.25, 0.3) is 0 Å². The summed E-state index contributed by atoms with van der Waals surface area (Å²) < 4.78 is 23.8. The highest BCUT2D eigenvalue weighted by Crippen LogP contribution is 2.25. The minimum atomic E-state index is -3.35. The lowest BCUT2D eigenvalue weighted by Gasteiger charge is -2.31. The van der Waals surface area contributed by atoms with Crippen molar-refractivity contribution in [3.8, 4) is 0 Å². The first kappa shape index (κ1) is 18.2. The Morgan fingerprint density at radius 1 is 1.12 bits per heavy atom. The molecule has 0 bridgehead atoms. The molecule has 2 atom stereocenters. The van der Waals surface area contributed by atoms with E-state index in [-0.39, 0.29) is 24.0 Å². The van der Waals surface area contributed by atoms with Crippen LogP contribution in [0.2, 0.25) is 0 Å². The molecule has 1 amide bonds. The molecule has 7 nitrogen and oxygen atoms in total. The van der Waals surface area contributed by atoms with Gasteiger partial charge in [0, 0.05) is 17.1 Å². The summed E-state index contributed by atoms with van der Waals surface area (Å²) in [5, 5.41) is 13.0. The topological polar surface area (TPSA) is 113 Å². The van der Waals surface area contributed by atoms with Crippen LogP contribution < -0.4 is 16.0 Å². The number of nitrogens with one attached hydrogen (secondary N) is 1. The molecule has 1 saturated heterocycles. The van der Waals surface area contributed by atoms with Crippen LogP contribution in [0.3, 0.4) is 0 Å². The van der Waals surface area contributed by atoms with E-state index in [1.807, 2.05) is 6.07 Å². The van der Waals surface area contributed by atoms with Gasteiger partial charge in [0.1, 0.15) is 0 Å². The molecule has 1 aliphatic heterocycles. The van der Waals surface area contributed by atoms with Gasteiger partial charge in [0.2, 0.25) is 5.91 Å². The summed E-state index contributed by atoms with van der Waals surface area (Å²) in [6, 6.07) is 15.1. The number of aliphatic hydroxyl groups excluding tert-OH is 1. The number of carbonyl (C=O) groups excluding carboxylic acids is 1. The van der Waals surface area contributed by atoms with Crippen molar-refractivity contribution >= 4 is 32.8 Å². The highest BCUT2D eigenvalue weighted by Gasteiger charge is 2.40. The fourth-order valence-electron chi connectivity index (χ4n) is 3.05. The molecule has 1 heterocycles. The minimum Gasteiger partial charge on any atom is -0.399 e. The lowest BCUT2D eigenvalue weighted by Crippen LogP contribution is -2.47. The molecular weight excluding hydrogens is 354 g/mol. The number of anilines is 3. The third-order valence-electron chi connectivity index (χ3n) is 4.29. The molecule has 1 aliphatic rings. The van der Waals surface area contributed by atoms with Crippen molar-refractivity contribution in [2.24, 2.45) is 0 Å². The number of hydrogen-bond donors (Lipinski definition) is 3. The second kappa shape index (κ2) is 7.35. The maximum absolute atomic E-state index is 12.5. The number of benzene rings is 2. The Balaban J connectivity index is 1.83. The van der Waals surface area contributed by atoms with E-state index in [2.05, 4.69) is 5.32 Å². The summed E-state index contributed by atoms with van der Waals surface area (Å²) in [5.41, 5.74) is 7.54. The second-order valence-electron chi connectivity index (χ2n) is 6.35. The molecular formula is C18H21N3O4S. The average Bonchev–Trinajstić information content (AvgIpc) is 2.87. The quantitative estimate of drug-likeness (QED) is 0.669. The fraction of sp³-hybridized carbons (Fsp3) is 0.278. The predicted octanol–water partition coefficient (Wildman–Crippen LogP) is 0.872. The van der Waals surface area contributed by atoms with Gasteiger partial charge in [0.15, 0.2) is 9.84 Å². The SMILES string of the molecule is Nc1ccc(N(CC(=O)Nc2ccccc2)C2CS(=O)(=O)CC2O)cc1. The van der Waals surface area contributed by atoms with Crippen molar-refractivity contribution in [1.29, 1.82) is 0 Å². The smallest absolute Gasteiger partial charge is 0.243 e. The maximum Gasteiger partial charge on any atom is 0.243 e. The summed E-state index contributed by atoms with van der Waals surface area (Å²) in [4.78, 5) is 14.1. The van der Waals surface area contributed by atoms with Crippen molar-refractivity contribution in [1.82, 2.24) is 0 Å². The largest absolute Gasteiger partial charge is 0.399 e. The van der Waals surface area contributed by atoms with Gasteiger partial charge < -0.3 is 21.1 Å². The van der Waals surface area contributed by atoms with E-state index in [9.17, 15) is 18.3 Å². The van der Waals surface area contributed by atoms with Gasteiger partial charge in [-0.1, -0.05) is 18.2 Å². The zero-order valence-corrected chi connectivity index (χ0v) is 14.9. The summed E-state index contributed by atoms with van der Waals surface area (Å²) in [7, 11) is -3.35. The van der Waals surface area contributed by atoms with Gasteiger partial charge in [-0.05, 0) is 36.4 Å². The Hall–Kier alpha value is -2.58. The van der Waals surface area contributed by atoms with E-state index >= 15 is 0 Å². The molecule has 3 rings (SSSR count). The van der Waals surface area contributed by atoms with Gasteiger partial charge in [-0.25, -0.2) is 8.42 Å². The first-order valence-corrected chi connectivity index (χ1v) is 10.0. The Morgan fingerprint density at radius 2 is 1.77 bits per heavy atom. The molecule has 2 unspecified atom stereocenters. The summed E-state index contributed by atoms with van der Waals surface area (Å²) >= 11 is 0. The van der Waals surface area contributed by atoms with E-state index in [0.717, 1.165) is 0 Å². The Bertz CT molecular complexity index is 869. The molecule has 8 heteroatoms. The average molecular weight is 375 g/mol. The third kappa shape index (κ3) is 4.33. The predicted molar refractivity (Wildman–Crippen MR) is 102 cm³/mol. The van der Waals surface area contributed by atoms with E-state index in [1.54, 1.807) is 53.4 Å². The zero-order chi connectivity index (χ0) is 18.7. The van der Waals surface area contributed by atoms with E-state index in [4.69, 9.17) is 5.73 Å². The number of nitrogens with two attached hydrogens (primary N) is 1. The van der Waals surface area contributed by atoms with Gasteiger partial charge >= 0.3 is 0 Å². The van der Waals surface area contributed by atoms with Crippen LogP contribution in [0.15, 0.2) is 54.6 Å². The third-order valence-corrected chi connectivity index (χ3v) is 5.99. The van der Waals surface area contributed by atoms with Crippen molar-refractivity contribution in [3.63, 3.8) is 0 Å². The molecule has 0 saturated carbocycles. The standard InChI is InChI=1S/C18H21N3O4S/c19-13-6-8-15(9-7-13)21(16-11-26(24,25)12-17(16)22)10-18(23)20-14-4-2-1-3-5-14/h1-9,16-17,22H,10-12,19H2,(H,20,23). The summed E-state index contributed by atoms with van der Waals surface area (Å²) in [6.07, 6.45) is -1.05. The molecule has 0 aromatic heterocycles. The van der Waals surface area contributed by atoms with Crippen LogP contribution in [0.4, 0.5) is 17.1 Å². The number of carbonyl (C=O) groups is 1. The van der Waals surface area contributed by atoms with Crippen LogP contribution >= 0.6 is 0 Å². The Kier molecular flexibility index (Phi) is 5.15. The number of rotatable bonds is 5. The molecule has 138 valence electrons. The van der Waals surface area contributed by atoms with E-state index in [0.29, 0.717) is 17.1 Å². The Labute approximate surface area is 152 Å². The normalized spacial score (nSPS) is 21.3. The first-order chi connectivity index (χ1) is 12.3. The van der Waals surface area contributed by atoms with Gasteiger partial charge in [0.25, 0.3) is 0 Å². The molecule has 26 heavy (non-hydrogen) atoms. The number of amides is 1. The second-order valence-corrected chi connectivity index (χ2v) is 8.50. The summed E-state index contributed by atoms with van der Waals surface area (Å²) in [5.74, 6) is -0.801. The fourth-order valence-corrected chi connectivity index (χ4v) is 4.85. The zero-order valence-electron chi connectivity index (χ0n) is 14.1. The van der Waals surface area contributed by atoms with Crippen LogP contribution in [0.1, 0.15) is 0 Å². The van der Waals surface area contributed by atoms with Gasteiger partial charge in [-0.2, -0.15) is 0 Å². The highest BCUT2D eigenvalue weighted by molar-refractivity contribution is 7.91. The van der Waals surface area contributed by atoms with Crippen LogP contribution in [0.5, 0.6) is 0 Å². The monoisotopic (exact) mass is 375 g/mol. The number of para-hydroxylation sites is 1. The van der Waals surface area contributed by atoms with Crippen molar-refractivity contribution in [2.75, 3.05) is 34.0 Å². The number of nitrogen functional groups attached to an aromatic ring is 1. The molecule has 4 N–H and O–H groups in total. The van der Waals surface area contributed by atoms with Gasteiger partial charge in [-0.3, -0.25) is 4.79 Å². The number of aliphatic hydroxyl groups is 1. The van der Waals surface area contributed by atoms with Crippen molar-refractivity contribution < 1.29 is 18.3 Å². The lowest BCUT2D eigenvalue weighted by molar-refractivity contribution is -0.115. The van der Waals surface area contributed by atoms with Gasteiger partial charge in [-0.15, -0.1) is 0 Å². The van der Waals surface area contributed by atoms with Crippen molar-refractivity contribution in [2.45, 2.75) is 12.1 Å².